The number of rotatable bonds is 8. The lowest BCUT2D eigenvalue weighted by Crippen LogP contribution is -2.49. The molecule has 32 heavy (non-hydrogen) atoms. The van der Waals surface area contributed by atoms with Crippen molar-refractivity contribution < 1.29 is 14.0 Å². The van der Waals surface area contributed by atoms with Crippen LogP contribution in [-0.4, -0.2) is 60.9 Å². The van der Waals surface area contributed by atoms with Gasteiger partial charge >= 0.3 is 0 Å². The largest absolute Gasteiger partial charge is 0.350 e. The quantitative estimate of drug-likeness (QED) is 0.663. The minimum atomic E-state index is -0.680. The van der Waals surface area contributed by atoms with Crippen LogP contribution < -0.4 is 10.6 Å². The van der Waals surface area contributed by atoms with Crippen LogP contribution >= 0.6 is 0 Å². The molecule has 1 heterocycles. The fourth-order valence-corrected chi connectivity index (χ4v) is 3.76. The van der Waals surface area contributed by atoms with Gasteiger partial charge in [-0.25, -0.2) is 4.39 Å². The number of carbonyl (C=O) groups is 2. The highest BCUT2D eigenvalue weighted by Crippen LogP contribution is 2.11. The van der Waals surface area contributed by atoms with Gasteiger partial charge in [0, 0.05) is 44.8 Å². The van der Waals surface area contributed by atoms with Crippen LogP contribution in [0.4, 0.5) is 4.39 Å². The molecule has 0 saturated carbocycles. The maximum Gasteiger partial charge on any atom is 0.251 e. The van der Waals surface area contributed by atoms with Gasteiger partial charge in [-0.3, -0.25) is 14.5 Å². The summed E-state index contributed by atoms with van der Waals surface area (Å²) >= 11 is 0. The Morgan fingerprint density at radius 2 is 1.66 bits per heavy atom. The topological polar surface area (TPSA) is 64.7 Å². The van der Waals surface area contributed by atoms with Crippen molar-refractivity contribution in [3.05, 3.63) is 71.0 Å². The van der Waals surface area contributed by atoms with Gasteiger partial charge in [-0.1, -0.05) is 38.1 Å². The summed E-state index contributed by atoms with van der Waals surface area (Å²) in [6, 6.07) is 12.9. The monoisotopic (exact) mass is 440 g/mol. The average Bonchev–Trinajstić information content (AvgIpc) is 2.78. The van der Waals surface area contributed by atoms with E-state index >= 15 is 0 Å². The van der Waals surface area contributed by atoms with Crippen LogP contribution in [0.15, 0.2) is 48.5 Å². The average molecular weight is 441 g/mol. The molecule has 2 aromatic carbocycles. The van der Waals surface area contributed by atoms with Gasteiger partial charge in [0.15, 0.2) is 0 Å². The van der Waals surface area contributed by atoms with E-state index in [0.717, 1.165) is 38.3 Å². The van der Waals surface area contributed by atoms with Gasteiger partial charge in [0.05, 0.1) is 0 Å². The Labute approximate surface area is 189 Å². The Balaban J connectivity index is 1.55. The number of nitrogens with zero attached hydrogens (tertiary/aromatic N) is 2. The molecule has 1 atom stereocenters. The zero-order valence-electron chi connectivity index (χ0n) is 19.1. The minimum Gasteiger partial charge on any atom is -0.350 e. The normalized spacial score (nSPS) is 16.0. The van der Waals surface area contributed by atoms with Crippen LogP contribution in [0.1, 0.15) is 35.3 Å². The van der Waals surface area contributed by atoms with Crippen LogP contribution in [0.25, 0.3) is 0 Å². The number of piperazine rings is 1. The van der Waals surface area contributed by atoms with E-state index in [1.807, 2.05) is 26.0 Å². The first-order valence-electron chi connectivity index (χ1n) is 11.1. The highest BCUT2D eigenvalue weighted by Gasteiger charge is 2.24. The number of hydrogen-bond acceptors (Lipinski definition) is 4. The van der Waals surface area contributed by atoms with Gasteiger partial charge in [0.1, 0.15) is 11.9 Å². The third-order valence-electron chi connectivity index (χ3n) is 5.80. The van der Waals surface area contributed by atoms with E-state index < -0.39 is 17.8 Å². The molecule has 1 unspecified atom stereocenters. The second-order valence-corrected chi connectivity index (χ2v) is 8.82. The summed E-state index contributed by atoms with van der Waals surface area (Å²) in [5.74, 6) is -1.13. The maximum absolute atomic E-state index is 13.1. The van der Waals surface area contributed by atoms with Gasteiger partial charge in [-0.2, -0.15) is 0 Å². The van der Waals surface area contributed by atoms with Gasteiger partial charge in [-0.05, 0) is 48.4 Å². The predicted molar refractivity (Wildman–Crippen MR) is 124 cm³/mol. The molecule has 0 bridgehead atoms. The van der Waals surface area contributed by atoms with Gasteiger partial charge < -0.3 is 15.5 Å². The molecule has 1 aliphatic heterocycles. The van der Waals surface area contributed by atoms with Crippen molar-refractivity contribution in [2.45, 2.75) is 33.0 Å². The van der Waals surface area contributed by atoms with E-state index in [2.05, 4.69) is 39.6 Å². The van der Waals surface area contributed by atoms with E-state index in [9.17, 15) is 14.0 Å². The minimum absolute atomic E-state index is 0.0945. The van der Waals surface area contributed by atoms with E-state index in [-0.39, 0.29) is 11.8 Å². The molecule has 6 nitrogen and oxygen atoms in total. The highest BCUT2D eigenvalue weighted by atomic mass is 19.1. The first kappa shape index (κ1) is 23.9. The first-order valence-corrected chi connectivity index (χ1v) is 11.1. The van der Waals surface area contributed by atoms with Crippen LogP contribution in [-0.2, 0) is 17.9 Å². The lowest BCUT2D eigenvalue weighted by atomic mass is 10.0. The molecule has 7 heteroatoms. The summed E-state index contributed by atoms with van der Waals surface area (Å²) in [6.07, 6.45) is 0. The van der Waals surface area contributed by atoms with Crippen molar-refractivity contribution in [2.24, 2.45) is 5.92 Å². The Kier molecular flexibility index (Phi) is 8.36. The summed E-state index contributed by atoms with van der Waals surface area (Å²) in [5.41, 5.74) is 2.57. The molecule has 1 fully saturated rings. The van der Waals surface area contributed by atoms with Crippen molar-refractivity contribution >= 4 is 11.8 Å². The second-order valence-electron chi connectivity index (χ2n) is 8.82. The van der Waals surface area contributed by atoms with Crippen molar-refractivity contribution in [3.8, 4) is 0 Å². The highest BCUT2D eigenvalue weighted by molar-refractivity contribution is 5.97. The maximum atomic E-state index is 13.1. The van der Waals surface area contributed by atoms with E-state index in [1.54, 1.807) is 0 Å². The van der Waals surface area contributed by atoms with E-state index in [4.69, 9.17) is 0 Å². The summed E-state index contributed by atoms with van der Waals surface area (Å²) in [4.78, 5) is 30.1. The number of nitrogens with one attached hydrogen (secondary N) is 2. The molecule has 2 N–H and O–H groups in total. The van der Waals surface area contributed by atoms with Crippen LogP contribution in [0.3, 0.4) is 0 Å². The standard InChI is InChI=1S/C25H33FN4O2/c1-18(2)23(28-24(31)21-7-9-22(26)10-8-21)25(32)27-16-19-5-4-6-20(15-19)17-30-13-11-29(3)12-14-30/h4-10,15,18,23H,11-14,16-17H2,1-3H3,(H,27,32)(H,28,31). The molecule has 1 saturated heterocycles. The smallest absolute Gasteiger partial charge is 0.251 e. The Hall–Kier alpha value is -2.77. The van der Waals surface area contributed by atoms with E-state index in [0.29, 0.717) is 12.1 Å². The van der Waals surface area contributed by atoms with Crippen molar-refractivity contribution in [2.75, 3.05) is 33.2 Å². The number of halogens is 1. The lowest BCUT2D eigenvalue weighted by Gasteiger charge is -2.32. The SMILES string of the molecule is CC(C)C(NC(=O)c1ccc(F)cc1)C(=O)NCc1cccc(CN2CCN(C)CC2)c1. The molecule has 0 radical (unpaired) electrons. The number of hydrogen-bond donors (Lipinski definition) is 2. The fourth-order valence-electron chi connectivity index (χ4n) is 3.76. The molecular formula is C25H33FN4O2. The number of benzene rings is 2. The molecule has 0 spiro atoms. The number of amides is 2. The summed E-state index contributed by atoms with van der Waals surface area (Å²) < 4.78 is 13.1. The van der Waals surface area contributed by atoms with Crippen LogP contribution in [0.2, 0.25) is 0 Å². The Bertz CT molecular complexity index is 908. The first-order chi connectivity index (χ1) is 15.3. The van der Waals surface area contributed by atoms with Crippen molar-refractivity contribution in [1.82, 2.24) is 20.4 Å². The van der Waals surface area contributed by atoms with Crippen LogP contribution in [0, 0.1) is 11.7 Å². The molecular weight excluding hydrogens is 407 g/mol. The Morgan fingerprint density at radius 3 is 2.31 bits per heavy atom. The zero-order chi connectivity index (χ0) is 23.1. The van der Waals surface area contributed by atoms with Gasteiger partial charge in [0.2, 0.25) is 5.91 Å². The lowest BCUT2D eigenvalue weighted by molar-refractivity contribution is -0.124. The Morgan fingerprint density at radius 1 is 1.00 bits per heavy atom. The summed E-state index contributed by atoms with van der Waals surface area (Å²) in [5, 5.41) is 5.72. The third-order valence-corrected chi connectivity index (χ3v) is 5.80. The second kappa shape index (κ2) is 11.2. The summed E-state index contributed by atoms with van der Waals surface area (Å²) in [6.45, 7) is 9.33. The molecule has 0 aliphatic carbocycles. The molecule has 172 valence electrons. The fraction of sp³-hybridized carbons (Fsp3) is 0.440. The zero-order valence-corrected chi connectivity index (χ0v) is 19.1. The molecule has 1 aliphatic rings. The number of carbonyl (C=O) groups excluding carboxylic acids is 2. The van der Waals surface area contributed by atoms with Crippen molar-refractivity contribution in [3.63, 3.8) is 0 Å². The third kappa shape index (κ3) is 6.87. The van der Waals surface area contributed by atoms with E-state index in [1.165, 1.54) is 29.8 Å². The number of likely N-dealkylation sites (N-methyl/N-ethyl adjacent to an activating group) is 1. The molecule has 3 rings (SSSR count). The molecule has 0 aromatic heterocycles. The summed E-state index contributed by atoms with van der Waals surface area (Å²) in [7, 11) is 2.15. The molecule has 2 aromatic rings. The van der Waals surface area contributed by atoms with Crippen LogP contribution in [0.5, 0.6) is 0 Å². The molecule has 2 amide bonds. The van der Waals surface area contributed by atoms with Gasteiger partial charge in [0.25, 0.3) is 5.91 Å². The predicted octanol–water partition coefficient (Wildman–Crippen LogP) is 2.64. The van der Waals surface area contributed by atoms with Crippen molar-refractivity contribution in [1.29, 1.82) is 0 Å². The van der Waals surface area contributed by atoms with Gasteiger partial charge in [-0.15, -0.1) is 0 Å².